The topological polar surface area (TPSA) is 86.1 Å². The minimum Gasteiger partial charge on any atom is -0.469 e. The van der Waals surface area contributed by atoms with Gasteiger partial charge in [-0.3, -0.25) is 4.79 Å². The molecule has 7 nitrogen and oxygen atoms in total. The first-order valence-electron chi connectivity index (χ1n) is 7.79. The number of Topliss-reactive ketones (excluding diaryl/α,β-unsaturated/α-hetero) is 1. The number of ketones is 1. The van der Waals surface area contributed by atoms with Crippen LogP contribution in [0.15, 0.2) is 63.7 Å². The van der Waals surface area contributed by atoms with Crippen molar-refractivity contribution in [1.29, 1.82) is 0 Å². The molecule has 24 heavy (non-hydrogen) atoms. The number of rotatable bonds is 2. The van der Waals surface area contributed by atoms with Gasteiger partial charge in [0.2, 0.25) is 5.95 Å². The van der Waals surface area contributed by atoms with Crippen LogP contribution >= 0.6 is 0 Å². The van der Waals surface area contributed by atoms with Crippen molar-refractivity contribution in [3.05, 3.63) is 66.4 Å². The first-order chi connectivity index (χ1) is 11.8. The Hall–Kier alpha value is -3.09. The number of aromatic nitrogens is 3. The lowest BCUT2D eigenvalue weighted by atomic mass is 9.78. The lowest BCUT2D eigenvalue weighted by Crippen LogP contribution is -2.39. The predicted molar refractivity (Wildman–Crippen MR) is 83.1 cm³/mol. The van der Waals surface area contributed by atoms with E-state index in [1.165, 1.54) is 6.33 Å². The lowest BCUT2D eigenvalue weighted by Gasteiger charge is -2.36. The van der Waals surface area contributed by atoms with Crippen LogP contribution < -0.4 is 5.32 Å². The summed E-state index contributed by atoms with van der Waals surface area (Å²) >= 11 is 0. The van der Waals surface area contributed by atoms with Crippen molar-refractivity contribution in [2.45, 2.75) is 18.4 Å². The standard InChI is InChI=1S/C17H14N4O3/c22-12-8-10(13-3-1-5-23-13)7-11-15(12)16(14-4-2-6-24-14)21-17(20-11)18-9-19-21/h1-7,9-10,15-16H,8H2,(H,18,19,20)/t10-,15-,16-/m0/s1. The normalized spacial score (nSPS) is 25.6. The Morgan fingerprint density at radius 2 is 1.96 bits per heavy atom. The number of allylic oxidation sites excluding steroid dienone is 2. The van der Waals surface area contributed by atoms with Crippen molar-refractivity contribution in [3.8, 4) is 0 Å². The molecule has 0 radical (unpaired) electrons. The van der Waals surface area contributed by atoms with Gasteiger partial charge in [0.1, 0.15) is 29.7 Å². The molecular formula is C17H14N4O3. The van der Waals surface area contributed by atoms with Gasteiger partial charge in [-0.2, -0.15) is 10.1 Å². The van der Waals surface area contributed by atoms with Crippen LogP contribution in [-0.4, -0.2) is 20.5 Å². The summed E-state index contributed by atoms with van der Waals surface area (Å²) in [6, 6.07) is 7.09. The molecule has 1 aliphatic carbocycles. The molecule has 1 N–H and O–H groups in total. The smallest absolute Gasteiger partial charge is 0.226 e. The molecule has 2 aliphatic rings. The van der Waals surface area contributed by atoms with Crippen molar-refractivity contribution in [2.75, 3.05) is 5.32 Å². The number of carbonyl (C=O) groups is 1. The Labute approximate surface area is 137 Å². The minimum atomic E-state index is -0.364. The summed E-state index contributed by atoms with van der Waals surface area (Å²) in [5, 5.41) is 7.51. The van der Waals surface area contributed by atoms with E-state index < -0.39 is 0 Å². The highest BCUT2D eigenvalue weighted by Crippen LogP contribution is 2.43. The van der Waals surface area contributed by atoms with Gasteiger partial charge >= 0.3 is 0 Å². The summed E-state index contributed by atoms with van der Waals surface area (Å²) in [6.45, 7) is 0. The molecule has 0 saturated heterocycles. The zero-order chi connectivity index (χ0) is 16.1. The average molecular weight is 322 g/mol. The van der Waals surface area contributed by atoms with Gasteiger partial charge < -0.3 is 14.2 Å². The van der Waals surface area contributed by atoms with E-state index in [1.54, 1.807) is 17.2 Å². The number of furan rings is 2. The van der Waals surface area contributed by atoms with Crippen molar-refractivity contribution in [3.63, 3.8) is 0 Å². The third kappa shape index (κ3) is 1.87. The summed E-state index contributed by atoms with van der Waals surface area (Å²) in [6.07, 6.45) is 7.16. The Kier molecular flexibility index (Phi) is 2.76. The first kappa shape index (κ1) is 13.4. The number of nitrogens with one attached hydrogen (secondary N) is 1. The fourth-order valence-corrected chi connectivity index (χ4v) is 3.60. The Morgan fingerprint density at radius 3 is 2.71 bits per heavy atom. The summed E-state index contributed by atoms with van der Waals surface area (Å²) in [5.74, 6) is 1.78. The van der Waals surface area contributed by atoms with Gasteiger partial charge in [0.25, 0.3) is 0 Å². The van der Waals surface area contributed by atoms with Crippen molar-refractivity contribution >= 4 is 11.7 Å². The van der Waals surface area contributed by atoms with Crippen molar-refractivity contribution < 1.29 is 13.6 Å². The van der Waals surface area contributed by atoms with Crippen LogP contribution in [-0.2, 0) is 4.79 Å². The molecule has 1 aliphatic heterocycles. The second-order valence-corrected chi connectivity index (χ2v) is 6.01. The molecule has 3 aromatic heterocycles. The van der Waals surface area contributed by atoms with Gasteiger partial charge in [-0.25, -0.2) is 4.68 Å². The van der Waals surface area contributed by atoms with E-state index in [1.807, 2.05) is 24.3 Å². The van der Waals surface area contributed by atoms with Gasteiger partial charge in [-0.15, -0.1) is 0 Å². The fraction of sp³-hybridized carbons (Fsp3) is 0.235. The summed E-state index contributed by atoms with van der Waals surface area (Å²) < 4.78 is 12.8. The first-order valence-corrected chi connectivity index (χ1v) is 7.79. The average Bonchev–Trinajstić information content (AvgIpc) is 3.33. The highest BCUT2D eigenvalue weighted by atomic mass is 16.3. The van der Waals surface area contributed by atoms with Gasteiger partial charge in [-0.05, 0) is 24.3 Å². The van der Waals surface area contributed by atoms with Crippen LogP contribution in [0.4, 0.5) is 5.95 Å². The molecule has 0 amide bonds. The number of nitrogens with zero attached hydrogens (tertiary/aromatic N) is 3. The Morgan fingerprint density at radius 1 is 1.17 bits per heavy atom. The van der Waals surface area contributed by atoms with Crippen LogP contribution in [0.3, 0.4) is 0 Å². The third-order valence-electron chi connectivity index (χ3n) is 4.64. The summed E-state index contributed by atoms with van der Waals surface area (Å²) in [7, 11) is 0. The van der Waals surface area contributed by atoms with E-state index in [4.69, 9.17) is 8.83 Å². The van der Waals surface area contributed by atoms with Crippen LogP contribution in [0.25, 0.3) is 0 Å². The van der Waals surface area contributed by atoms with E-state index in [0.717, 1.165) is 11.5 Å². The van der Waals surface area contributed by atoms with E-state index in [9.17, 15) is 4.79 Å². The monoisotopic (exact) mass is 322 g/mol. The molecule has 0 fully saturated rings. The molecule has 7 heteroatoms. The van der Waals surface area contributed by atoms with E-state index >= 15 is 0 Å². The maximum atomic E-state index is 12.9. The highest BCUT2D eigenvalue weighted by Gasteiger charge is 2.44. The van der Waals surface area contributed by atoms with Crippen LogP contribution in [0.5, 0.6) is 0 Å². The van der Waals surface area contributed by atoms with Crippen LogP contribution in [0.2, 0.25) is 0 Å². The largest absolute Gasteiger partial charge is 0.469 e. The second-order valence-electron chi connectivity index (χ2n) is 6.01. The molecule has 3 atom stereocenters. The van der Waals surface area contributed by atoms with Crippen molar-refractivity contribution in [2.24, 2.45) is 5.92 Å². The minimum absolute atomic E-state index is 0.0713. The van der Waals surface area contributed by atoms with Crippen LogP contribution in [0, 0.1) is 5.92 Å². The fourth-order valence-electron chi connectivity index (χ4n) is 3.60. The predicted octanol–water partition coefficient (Wildman–Crippen LogP) is 2.74. The van der Waals surface area contributed by atoms with Crippen molar-refractivity contribution in [1.82, 2.24) is 14.8 Å². The summed E-state index contributed by atoms with van der Waals surface area (Å²) in [5.41, 5.74) is 0.828. The maximum Gasteiger partial charge on any atom is 0.226 e. The quantitative estimate of drug-likeness (QED) is 0.781. The molecule has 4 heterocycles. The number of fused-ring (bicyclic) bond motifs is 2. The number of anilines is 1. The Bertz CT molecular complexity index is 908. The molecule has 0 spiro atoms. The molecular weight excluding hydrogens is 308 g/mol. The van der Waals surface area contributed by atoms with E-state index in [-0.39, 0.29) is 23.7 Å². The highest BCUT2D eigenvalue weighted by molar-refractivity contribution is 5.88. The third-order valence-corrected chi connectivity index (χ3v) is 4.64. The van der Waals surface area contributed by atoms with E-state index in [2.05, 4.69) is 21.5 Å². The second kappa shape index (κ2) is 4.95. The molecule has 0 saturated carbocycles. The molecule has 0 bridgehead atoms. The number of carbonyl (C=O) groups excluding carboxylic acids is 1. The van der Waals surface area contributed by atoms with E-state index in [0.29, 0.717) is 18.1 Å². The SMILES string of the molecule is O=C1C[C@@H](c2ccco2)C=C2Nc3ncnn3[C@@H](c3ccco3)[C@H]12. The van der Waals surface area contributed by atoms with Gasteiger partial charge in [-0.1, -0.05) is 6.08 Å². The van der Waals surface area contributed by atoms with Crippen LogP contribution in [0.1, 0.15) is 29.9 Å². The lowest BCUT2D eigenvalue weighted by molar-refractivity contribution is -0.123. The maximum absolute atomic E-state index is 12.9. The molecule has 3 aromatic rings. The van der Waals surface area contributed by atoms with Gasteiger partial charge in [0.05, 0.1) is 18.4 Å². The summed E-state index contributed by atoms with van der Waals surface area (Å²) in [4.78, 5) is 17.2. The number of hydrogen-bond donors (Lipinski definition) is 1. The zero-order valence-corrected chi connectivity index (χ0v) is 12.6. The molecule has 0 aromatic carbocycles. The zero-order valence-electron chi connectivity index (χ0n) is 12.6. The number of hydrogen-bond acceptors (Lipinski definition) is 6. The molecule has 0 unspecified atom stereocenters. The van der Waals surface area contributed by atoms with Gasteiger partial charge in [0.15, 0.2) is 0 Å². The van der Waals surface area contributed by atoms with Gasteiger partial charge in [0, 0.05) is 18.0 Å². The molecule has 5 rings (SSSR count). The Balaban J connectivity index is 1.64. The molecule has 120 valence electrons.